The zero-order valence-corrected chi connectivity index (χ0v) is 10.8. The average molecular weight is 288 g/mol. The van der Waals surface area contributed by atoms with E-state index in [9.17, 15) is 4.79 Å². The van der Waals surface area contributed by atoms with Gasteiger partial charge in [-0.3, -0.25) is 4.79 Å². The molecule has 7 heteroatoms. The first kappa shape index (κ1) is 12.3. The lowest BCUT2D eigenvalue weighted by atomic mass is 10.3. The Morgan fingerprint density at radius 2 is 2.24 bits per heavy atom. The largest absolute Gasteiger partial charge is 0.345 e. The molecule has 0 aliphatic rings. The van der Waals surface area contributed by atoms with E-state index in [1.807, 2.05) is 5.38 Å². The Bertz CT molecular complexity index is 530. The Morgan fingerprint density at radius 1 is 1.41 bits per heavy atom. The molecule has 2 rings (SSSR count). The molecule has 0 aliphatic heterocycles. The van der Waals surface area contributed by atoms with E-state index >= 15 is 0 Å². The van der Waals surface area contributed by atoms with Gasteiger partial charge in [0.1, 0.15) is 10.2 Å². The Morgan fingerprint density at radius 3 is 2.88 bits per heavy atom. The van der Waals surface area contributed by atoms with Crippen molar-refractivity contribution >= 4 is 40.4 Å². The topological polar surface area (TPSA) is 54.9 Å². The fourth-order valence-corrected chi connectivity index (χ4v) is 1.97. The fourth-order valence-electron chi connectivity index (χ4n) is 1.14. The van der Waals surface area contributed by atoms with Gasteiger partial charge < -0.3 is 5.32 Å². The predicted molar refractivity (Wildman–Crippen MR) is 67.5 cm³/mol. The molecule has 88 valence electrons. The Kier molecular flexibility index (Phi) is 3.93. The van der Waals surface area contributed by atoms with Gasteiger partial charge >= 0.3 is 0 Å². The second kappa shape index (κ2) is 5.44. The van der Waals surface area contributed by atoms with Crippen LogP contribution in [0.2, 0.25) is 10.2 Å². The third kappa shape index (κ3) is 3.15. The number of carbonyl (C=O) groups excluding carboxylic acids is 1. The van der Waals surface area contributed by atoms with Gasteiger partial charge in [-0.05, 0) is 6.07 Å². The van der Waals surface area contributed by atoms with Crippen molar-refractivity contribution in [2.75, 3.05) is 0 Å². The van der Waals surface area contributed by atoms with Crippen molar-refractivity contribution in [2.24, 2.45) is 0 Å². The summed E-state index contributed by atoms with van der Waals surface area (Å²) in [6.07, 6.45) is 3.07. The molecule has 2 aromatic heterocycles. The maximum absolute atomic E-state index is 11.7. The SMILES string of the molecule is O=C(NCc1nccs1)c1cnc(Cl)c(Cl)c1. The lowest BCUT2D eigenvalue weighted by Crippen LogP contribution is -2.22. The van der Waals surface area contributed by atoms with Crippen LogP contribution < -0.4 is 5.32 Å². The van der Waals surface area contributed by atoms with Crippen molar-refractivity contribution in [2.45, 2.75) is 6.54 Å². The first-order valence-corrected chi connectivity index (χ1v) is 6.28. The zero-order chi connectivity index (χ0) is 12.3. The van der Waals surface area contributed by atoms with E-state index in [1.165, 1.54) is 23.6 Å². The minimum atomic E-state index is -0.258. The molecule has 2 aromatic rings. The molecular weight excluding hydrogens is 281 g/mol. The highest BCUT2D eigenvalue weighted by Crippen LogP contribution is 2.19. The van der Waals surface area contributed by atoms with Crippen LogP contribution in [0, 0.1) is 0 Å². The smallest absolute Gasteiger partial charge is 0.253 e. The average Bonchev–Trinajstić information content (AvgIpc) is 2.82. The highest BCUT2D eigenvalue weighted by atomic mass is 35.5. The van der Waals surface area contributed by atoms with Gasteiger partial charge in [-0.2, -0.15) is 0 Å². The molecule has 4 nitrogen and oxygen atoms in total. The van der Waals surface area contributed by atoms with Crippen molar-refractivity contribution in [3.8, 4) is 0 Å². The molecule has 0 radical (unpaired) electrons. The quantitative estimate of drug-likeness (QED) is 0.884. The third-order valence-corrected chi connectivity index (χ3v) is 3.41. The summed E-state index contributed by atoms with van der Waals surface area (Å²) in [5.41, 5.74) is 0.371. The molecule has 0 saturated heterocycles. The highest BCUT2D eigenvalue weighted by Gasteiger charge is 2.09. The lowest BCUT2D eigenvalue weighted by molar-refractivity contribution is 0.0950. The van der Waals surface area contributed by atoms with Crippen LogP contribution in [0.15, 0.2) is 23.8 Å². The highest BCUT2D eigenvalue weighted by molar-refractivity contribution is 7.09. The minimum absolute atomic E-state index is 0.183. The summed E-state index contributed by atoms with van der Waals surface area (Å²) < 4.78 is 0. The normalized spacial score (nSPS) is 10.2. The van der Waals surface area contributed by atoms with Crippen molar-refractivity contribution < 1.29 is 4.79 Å². The number of pyridine rings is 1. The molecule has 0 spiro atoms. The summed E-state index contributed by atoms with van der Waals surface area (Å²) in [5, 5.41) is 5.85. The predicted octanol–water partition coefficient (Wildman–Crippen LogP) is 2.77. The molecule has 1 N–H and O–H groups in total. The number of aromatic nitrogens is 2. The number of nitrogens with one attached hydrogen (secondary N) is 1. The second-order valence-corrected chi connectivity index (χ2v) is 4.85. The molecule has 17 heavy (non-hydrogen) atoms. The zero-order valence-electron chi connectivity index (χ0n) is 8.48. The number of hydrogen-bond acceptors (Lipinski definition) is 4. The summed E-state index contributed by atoms with van der Waals surface area (Å²) in [6.45, 7) is 0.386. The molecule has 2 heterocycles. The fraction of sp³-hybridized carbons (Fsp3) is 0.100. The van der Waals surface area contributed by atoms with E-state index < -0.39 is 0 Å². The van der Waals surface area contributed by atoms with Crippen LogP contribution in [0.5, 0.6) is 0 Å². The third-order valence-electron chi connectivity index (χ3n) is 1.94. The number of carbonyl (C=O) groups is 1. The van der Waals surface area contributed by atoms with E-state index in [-0.39, 0.29) is 16.1 Å². The van der Waals surface area contributed by atoms with Gasteiger partial charge in [-0.1, -0.05) is 23.2 Å². The maximum atomic E-state index is 11.7. The van der Waals surface area contributed by atoms with E-state index in [2.05, 4.69) is 15.3 Å². The summed E-state index contributed by atoms with van der Waals surface area (Å²) in [5.74, 6) is -0.258. The van der Waals surface area contributed by atoms with Crippen LogP contribution in [0.25, 0.3) is 0 Å². The van der Waals surface area contributed by atoms with Gasteiger partial charge in [0.15, 0.2) is 0 Å². The van der Waals surface area contributed by atoms with Crippen LogP contribution in [-0.4, -0.2) is 15.9 Å². The number of nitrogens with zero attached hydrogens (tertiary/aromatic N) is 2. The van der Waals surface area contributed by atoms with E-state index in [1.54, 1.807) is 6.20 Å². The molecule has 0 saturated carbocycles. The summed E-state index contributed by atoms with van der Waals surface area (Å²) in [6, 6.07) is 1.48. The van der Waals surface area contributed by atoms with E-state index in [0.717, 1.165) is 5.01 Å². The number of halogens is 2. The lowest BCUT2D eigenvalue weighted by Gasteiger charge is -2.03. The van der Waals surface area contributed by atoms with Gasteiger partial charge in [0, 0.05) is 17.8 Å². The number of hydrogen-bond donors (Lipinski definition) is 1. The molecule has 0 aromatic carbocycles. The van der Waals surface area contributed by atoms with Gasteiger partial charge in [0.05, 0.1) is 17.1 Å². The second-order valence-electron chi connectivity index (χ2n) is 3.11. The van der Waals surface area contributed by atoms with Gasteiger partial charge in [-0.25, -0.2) is 9.97 Å². The van der Waals surface area contributed by atoms with Gasteiger partial charge in [-0.15, -0.1) is 11.3 Å². The van der Waals surface area contributed by atoms with E-state index in [4.69, 9.17) is 23.2 Å². The molecular formula is C10H7Cl2N3OS. The first-order chi connectivity index (χ1) is 8.16. The number of thiazole rings is 1. The Hall–Kier alpha value is -1.17. The monoisotopic (exact) mass is 287 g/mol. The molecule has 0 atom stereocenters. The molecule has 0 unspecified atom stereocenters. The molecule has 0 bridgehead atoms. The Labute approximate surface area is 112 Å². The van der Waals surface area contributed by atoms with Crippen LogP contribution in [0.3, 0.4) is 0 Å². The Balaban J connectivity index is 2.02. The van der Waals surface area contributed by atoms with E-state index in [0.29, 0.717) is 12.1 Å². The van der Waals surface area contributed by atoms with Crippen LogP contribution >= 0.6 is 34.5 Å². The van der Waals surface area contributed by atoms with Crippen LogP contribution in [0.1, 0.15) is 15.4 Å². The van der Waals surface area contributed by atoms with Crippen molar-refractivity contribution in [3.05, 3.63) is 44.6 Å². The van der Waals surface area contributed by atoms with Crippen LogP contribution in [-0.2, 0) is 6.54 Å². The van der Waals surface area contributed by atoms with Gasteiger partial charge in [0.25, 0.3) is 5.91 Å². The molecule has 1 amide bonds. The first-order valence-electron chi connectivity index (χ1n) is 4.64. The van der Waals surface area contributed by atoms with Crippen molar-refractivity contribution in [1.29, 1.82) is 0 Å². The molecule has 0 fully saturated rings. The summed E-state index contributed by atoms with van der Waals surface area (Å²) in [4.78, 5) is 19.6. The number of amides is 1. The van der Waals surface area contributed by atoms with Gasteiger partial charge in [0.2, 0.25) is 0 Å². The maximum Gasteiger partial charge on any atom is 0.253 e. The van der Waals surface area contributed by atoms with Crippen molar-refractivity contribution in [3.63, 3.8) is 0 Å². The summed E-state index contributed by atoms with van der Waals surface area (Å²) >= 11 is 12.9. The molecule has 0 aliphatic carbocycles. The van der Waals surface area contributed by atoms with Crippen molar-refractivity contribution in [1.82, 2.24) is 15.3 Å². The number of rotatable bonds is 3. The summed E-state index contributed by atoms with van der Waals surface area (Å²) in [7, 11) is 0. The minimum Gasteiger partial charge on any atom is -0.345 e. The van der Waals surface area contributed by atoms with Crippen LogP contribution in [0.4, 0.5) is 0 Å². The standard InChI is InChI=1S/C10H7Cl2N3OS/c11-7-3-6(4-14-9(7)12)10(16)15-5-8-13-1-2-17-8/h1-4H,5H2,(H,15,16).